The number of nitrogens with two attached hydrogens (primary N) is 2. The van der Waals surface area contributed by atoms with Gasteiger partial charge in [-0.1, -0.05) is 12.1 Å². The molecule has 0 fully saturated rings. The Hall–Kier alpha value is -2.68. The zero-order chi connectivity index (χ0) is 17.7. The molecule has 0 saturated heterocycles. The van der Waals surface area contributed by atoms with Gasteiger partial charge in [0.2, 0.25) is 0 Å². The van der Waals surface area contributed by atoms with Gasteiger partial charge < -0.3 is 5.84 Å². The fraction of sp³-hybridized carbons (Fsp3) is 0.200. The molecule has 9 heteroatoms. The van der Waals surface area contributed by atoms with Gasteiger partial charge >= 0.3 is 0 Å². The highest BCUT2D eigenvalue weighted by Gasteiger charge is 2.45. The zero-order valence-corrected chi connectivity index (χ0v) is 12.4. The summed E-state index contributed by atoms with van der Waals surface area (Å²) >= 11 is 0. The lowest BCUT2D eigenvalue weighted by Gasteiger charge is -2.29. The number of pyridine rings is 1. The van der Waals surface area contributed by atoms with Gasteiger partial charge in [-0.2, -0.15) is 13.9 Å². The summed E-state index contributed by atoms with van der Waals surface area (Å²) in [7, 11) is 0. The highest BCUT2D eigenvalue weighted by molar-refractivity contribution is 5.53. The quantitative estimate of drug-likeness (QED) is 0.278. The molecule has 128 valence electrons. The summed E-state index contributed by atoms with van der Waals surface area (Å²) in [5.74, 6) is 3.19. The number of hydrogen-bond donors (Lipinski definition) is 2. The van der Waals surface area contributed by atoms with Gasteiger partial charge in [0.05, 0.1) is 5.92 Å². The number of hydrazine groups is 1. The number of benzene rings is 1. The Bertz CT molecular complexity index is 708. The van der Waals surface area contributed by atoms with Crippen molar-refractivity contribution in [2.24, 2.45) is 16.8 Å². The smallest absolute Gasteiger partial charge is 0.298 e. The molecule has 4 N–H and O–H groups in total. The molecule has 0 saturated carbocycles. The molecule has 1 unspecified atom stereocenters. The number of halogens is 4. The van der Waals surface area contributed by atoms with Crippen LogP contribution >= 0.6 is 0 Å². The first-order valence-electron chi connectivity index (χ1n) is 6.85. The third-order valence-electron chi connectivity index (χ3n) is 3.39. The minimum Gasteiger partial charge on any atom is -0.322 e. The minimum atomic E-state index is -3.57. The fourth-order valence-electron chi connectivity index (χ4n) is 2.27. The molecule has 0 aliphatic rings. The van der Waals surface area contributed by atoms with Crippen molar-refractivity contribution >= 4 is 6.34 Å². The Morgan fingerprint density at radius 2 is 2.00 bits per heavy atom. The van der Waals surface area contributed by atoms with E-state index in [1.807, 2.05) is 0 Å². The van der Waals surface area contributed by atoms with Crippen LogP contribution < -0.4 is 11.7 Å². The van der Waals surface area contributed by atoms with Crippen molar-refractivity contribution in [1.82, 2.24) is 9.99 Å². The molecule has 2 aromatic rings. The van der Waals surface area contributed by atoms with E-state index in [2.05, 4.69) is 10.1 Å². The van der Waals surface area contributed by atoms with Gasteiger partial charge in [-0.15, -0.1) is 0 Å². The molecular formula is C15H15F4N5. The lowest BCUT2D eigenvalue weighted by atomic mass is 9.89. The molecule has 24 heavy (non-hydrogen) atoms. The molecule has 5 nitrogen and oxygen atoms in total. The molecule has 0 aliphatic carbocycles. The van der Waals surface area contributed by atoms with Gasteiger partial charge in [-0.25, -0.2) is 14.6 Å². The van der Waals surface area contributed by atoms with Crippen LogP contribution in [0.3, 0.4) is 0 Å². The van der Waals surface area contributed by atoms with Crippen LogP contribution in [-0.2, 0) is 5.92 Å². The van der Waals surface area contributed by atoms with Crippen molar-refractivity contribution in [2.45, 2.75) is 11.8 Å². The van der Waals surface area contributed by atoms with Crippen LogP contribution in [-0.4, -0.2) is 22.9 Å². The topological polar surface area (TPSA) is 80.5 Å². The molecule has 1 aromatic carbocycles. The Kier molecular flexibility index (Phi) is 5.35. The molecule has 0 amide bonds. The highest BCUT2D eigenvalue weighted by Crippen LogP contribution is 2.42. The summed E-state index contributed by atoms with van der Waals surface area (Å²) in [6, 6.07) is 6.37. The molecule has 2 rings (SSSR count). The number of hydrogen-bond acceptors (Lipinski definition) is 4. The van der Waals surface area contributed by atoms with E-state index in [1.165, 1.54) is 18.3 Å². The third-order valence-corrected chi connectivity index (χ3v) is 3.39. The fourth-order valence-corrected chi connectivity index (χ4v) is 2.27. The van der Waals surface area contributed by atoms with E-state index in [9.17, 15) is 17.6 Å². The van der Waals surface area contributed by atoms with Gasteiger partial charge in [0.25, 0.3) is 5.92 Å². The van der Waals surface area contributed by atoms with Crippen LogP contribution in [0.25, 0.3) is 0 Å². The third kappa shape index (κ3) is 3.80. The Morgan fingerprint density at radius 3 is 2.58 bits per heavy atom. The average Bonchev–Trinajstić information content (AvgIpc) is 2.54. The predicted molar refractivity (Wildman–Crippen MR) is 80.8 cm³/mol. The maximum atomic E-state index is 14.9. The Labute approximate surface area is 135 Å². The largest absolute Gasteiger partial charge is 0.322 e. The molecule has 0 bridgehead atoms. The molecule has 0 spiro atoms. The summed E-state index contributed by atoms with van der Waals surface area (Å²) in [4.78, 5) is 3.63. The summed E-state index contributed by atoms with van der Waals surface area (Å²) in [5.41, 5.74) is -0.954. The number of nitrogens with zero attached hydrogens (tertiary/aromatic N) is 3. The van der Waals surface area contributed by atoms with Crippen molar-refractivity contribution in [3.05, 3.63) is 65.5 Å². The van der Waals surface area contributed by atoms with Crippen LogP contribution in [0.15, 0.2) is 47.7 Å². The first-order valence-corrected chi connectivity index (χ1v) is 6.85. The monoisotopic (exact) mass is 341 g/mol. The number of hydrazone groups is 1. The first-order chi connectivity index (χ1) is 11.4. The van der Waals surface area contributed by atoms with Gasteiger partial charge in [0.15, 0.2) is 0 Å². The van der Waals surface area contributed by atoms with Crippen LogP contribution in [0, 0.1) is 11.6 Å². The van der Waals surface area contributed by atoms with Gasteiger partial charge in [-0.05, 0) is 23.8 Å². The lowest BCUT2D eigenvalue weighted by molar-refractivity contribution is -0.0443. The predicted octanol–water partition coefficient (Wildman–Crippen LogP) is 2.31. The SMILES string of the molecule is N/N=C\N(N)CC(c1ccc(F)cc1F)C(F)(F)c1ccccn1. The first kappa shape index (κ1) is 17.7. The summed E-state index contributed by atoms with van der Waals surface area (Å²) in [6.45, 7) is -0.521. The molecule has 1 aromatic heterocycles. The number of aromatic nitrogens is 1. The molecule has 1 atom stereocenters. The van der Waals surface area contributed by atoms with E-state index in [0.717, 1.165) is 29.5 Å². The van der Waals surface area contributed by atoms with Crippen LogP contribution in [0.2, 0.25) is 0 Å². The standard InChI is InChI=1S/C15H15F4N5/c16-10-4-5-11(13(17)7-10)12(8-24(21)9-23-20)15(18,19)14-3-1-2-6-22-14/h1-7,9,12H,8,20-21H2/b23-9-. The van der Waals surface area contributed by atoms with E-state index in [-0.39, 0.29) is 0 Å². The summed E-state index contributed by atoms with van der Waals surface area (Å²) in [5, 5.41) is 3.93. The molecule has 0 aliphatic heterocycles. The van der Waals surface area contributed by atoms with Crippen LogP contribution in [0.5, 0.6) is 0 Å². The second kappa shape index (κ2) is 7.26. The van der Waals surface area contributed by atoms with E-state index in [0.29, 0.717) is 6.07 Å². The summed E-state index contributed by atoms with van der Waals surface area (Å²) in [6.07, 6.45) is 2.12. The molecular weight excluding hydrogens is 326 g/mol. The van der Waals surface area contributed by atoms with Crippen LogP contribution in [0.1, 0.15) is 17.2 Å². The van der Waals surface area contributed by atoms with Gasteiger partial charge in [-0.3, -0.25) is 9.99 Å². The Balaban J connectivity index is 2.50. The van der Waals surface area contributed by atoms with Crippen molar-refractivity contribution < 1.29 is 17.6 Å². The average molecular weight is 341 g/mol. The van der Waals surface area contributed by atoms with E-state index in [4.69, 9.17) is 11.7 Å². The van der Waals surface area contributed by atoms with Crippen molar-refractivity contribution in [2.75, 3.05) is 6.54 Å². The second-order valence-electron chi connectivity index (χ2n) is 5.02. The second-order valence-corrected chi connectivity index (χ2v) is 5.02. The highest BCUT2D eigenvalue weighted by atomic mass is 19.3. The normalized spacial score (nSPS) is 13.2. The van der Waals surface area contributed by atoms with Gasteiger partial charge in [0.1, 0.15) is 23.7 Å². The van der Waals surface area contributed by atoms with Crippen molar-refractivity contribution in [3.8, 4) is 0 Å². The zero-order valence-electron chi connectivity index (χ0n) is 12.4. The van der Waals surface area contributed by atoms with Crippen molar-refractivity contribution in [1.29, 1.82) is 0 Å². The number of rotatable bonds is 6. The Morgan fingerprint density at radius 1 is 1.25 bits per heavy atom. The lowest BCUT2D eigenvalue weighted by Crippen LogP contribution is -2.40. The van der Waals surface area contributed by atoms with Crippen molar-refractivity contribution in [3.63, 3.8) is 0 Å². The van der Waals surface area contributed by atoms with E-state index < -0.39 is 41.3 Å². The minimum absolute atomic E-state index is 0.395. The number of alkyl halides is 2. The van der Waals surface area contributed by atoms with E-state index in [1.54, 1.807) is 0 Å². The van der Waals surface area contributed by atoms with Crippen LogP contribution in [0.4, 0.5) is 17.6 Å². The maximum absolute atomic E-state index is 14.9. The van der Waals surface area contributed by atoms with E-state index >= 15 is 0 Å². The molecule has 1 heterocycles. The summed E-state index contributed by atoms with van der Waals surface area (Å²) < 4.78 is 57.0. The van der Waals surface area contributed by atoms with Gasteiger partial charge in [0, 0.05) is 18.8 Å². The molecule has 0 radical (unpaired) electrons. The maximum Gasteiger partial charge on any atom is 0.298 e.